The van der Waals surface area contributed by atoms with Gasteiger partial charge in [0.1, 0.15) is 11.6 Å². The molecule has 3 aromatic rings. The molecular weight excluding hydrogens is 352 g/mol. The minimum Gasteiger partial charge on any atom is -0.497 e. The molecule has 0 N–H and O–H groups in total. The predicted molar refractivity (Wildman–Crippen MR) is 106 cm³/mol. The number of hydrogen-bond acceptors (Lipinski definition) is 4. The number of fused-ring (bicyclic) bond motifs is 1. The maximum Gasteiger partial charge on any atom is 0.254 e. The maximum absolute atomic E-state index is 13.0. The smallest absolute Gasteiger partial charge is 0.254 e. The molecule has 1 aliphatic heterocycles. The van der Waals surface area contributed by atoms with E-state index in [0.717, 1.165) is 24.5 Å². The molecule has 4 rings (SSSR count). The number of carbonyl (C=O) groups is 1. The Hall–Kier alpha value is -3.15. The number of amides is 1. The lowest BCUT2D eigenvalue weighted by atomic mass is 10.1. The monoisotopic (exact) mass is 376 g/mol. The summed E-state index contributed by atoms with van der Waals surface area (Å²) in [5, 5.41) is 8.79. The van der Waals surface area contributed by atoms with Crippen molar-refractivity contribution in [2.75, 3.05) is 13.7 Å². The van der Waals surface area contributed by atoms with E-state index in [1.54, 1.807) is 13.2 Å². The summed E-state index contributed by atoms with van der Waals surface area (Å²) in [6, 6.07) is 17.8. The first-order valence-electron chi connectivity index (χ1n) is 9.55. The number of hydrogen-bond donors (Lipinski definition) is 0. The van der Waals surface area contributed by atoms with Crippen LogP contribution in [0.4, 0.5) is 0 Å². The Morgan fingerprint density at radius 2 is 1.93 bits per heavy atom. The molecule has 0 saturated carbocycles. The van der Waals surface area contributed by atoms with E-state index in [0.29, 0.717) is 24.4 Å². The Balaban J connectivity index is 1.50. The molecule has 6 heteroatoms. The van der Waals surface area contributed by atoms with Crippen LogP contribution in [0.3, 0.4) is 0 Å². The van der Waals surface area contributed by atoms with Gasteiger partial charge in [0.2, 0.25) is 0 Å². The standard InChI is InChI=1S/C22H24N4O2/c1-16-14-25(22(27)18-9-6-10-19(13-18)28-2)15-21-24-23-20(26(16)21)12-11-17-7-4-3-5-8-17/h3-10,13,16H,11-12,14-15H2,1-2H3/t16-/m0/s1. The lowest BCUT2D eigenvalue weighted by Crippen LogP contribution is -2.40. The third-order valence-corrected chi connectivity index (χ3v) is 5.18. The topological polar surface area (TPSA) is 60.2 Å². The van der Waals surface area contributed by atoms with Gasteiger partial charge < -0.3 is 14.2 Å². The second-order valence-electron chi connectivity index (χ2n) is 7.15. The van der Waals surface area contributed by atoms with Crippen LogP contribution >= 0.6 is 0 Å². The van der Waals surface area contributed by atoms with Crippen molar-refractivity contribution in [3.05, 3.63) is 77.4 Å². The summed E-state index contributed by atoms with van der Waals surface area (Å²) in [6.45, 7) is 3.22. The van der Waals surface area contributed by atoms with Gasteiger partial charge in [-0.1, -0.05) is 36.4 Å². The van der Waals surface area contributed by atoms with Crippen LogP contribution in [0.2, 0.25) is 0 Å². The molecule has 1 aliphatic rings. The van der Waals surface area contributed by atoms with Crippen LogP contribution in [0, 0.1) is 0 Å². The van der Waals surface area contributed by atoms with Gasteiger partial charge >= 0.3 is 0 Å². The van der Waals surface area contributed by atoms with Crippen LogP contribution in [0.25, 0.3) is 0 Å². The van der Waals surface area contributed by atoms with Gasteiger partial charge in [0.15, 0.2) is 5.82 Å². The Morgan fingerprint density at radius 3 is 2.71 bits per heavy atom. The molecule has 0 spiro atoms. The normalized spacial score (nSPS) is 15.9. The van der Waals surface area contributed by atoms with Gasteiger partial charge in [0.05, 0.1) is 19.7 Å². The SMILES string of the molecule is COc1cccc(C(=O)N2Cc3nnc(CCc4ccccc4)n3[C@@H](C)C2)c1. The molecule has 0 bridgehead atoms. The molecule has 6 nitrogen and oxygen atoms in total. The highest BCUT2D eigenvalue weighted by molar-refractivity contribution is 5.94. The van der Waals surface area contributed by atoms with Crippen molar-refractivity contribution >= 4 is 5.91 Å². The van der Waals surface area contributed by atoms with Crippen molar-refractivity contribution in [2.45, 2.75) is 32.4 Å². The molecule has 1 aromatic heterocycles. The highest BCUT2D eigenvalue weighted by Gasteiger charge is 2.29. The largest absolute Gasteiger partial charge is 0.497 e. The maximum atomic E-state index is 13.0. The number of nitrogens with zero attached hydrogens (tertiary/aromatic N) is 4. The molecule has 0 fully saturated rings. The highest BCUT2D eigenvalue weighted by Crippen LogP contribution is 2.24. The number of rotatable bonds is 5. The van der Waals surface area contributed by atoms with Crippen molar-refractivity contribution < 1.29 is 9.53 Å². The quantitative estimate of drug-likeness (QED) is 0.686. The zero-order valence-electron chi connectivity index (χ0n) is 16.2. The van der Waals surface area contributed by atoms with Crippen LogP contribution in [0.15, 0.2) is 54.6 Å². The van der Waals surface area contributed by atoms with Gasteiger partial charge in [-0.2, -0.15) is 0 Å². The van der Waals surface area contributed by atoms with Gasteiger partial charge in [-0.25, -0.2) is 0 Å². The van der Waals surface area contributed by atoms with E-state index in [4.69, 9.17) is 4.74 Å². The van der Waals surface area contributed by atoms with E-state index in [9.17, 15) is 4.79 Å². The third kappa shape index (κ3) is 3.63. The summed E-state index contributed by atoms with van der Waals surface area (Å²) in [5.41, 5.74) is 1.92. The van der Waals surface area contributed by atoms with Crippen LogP contribution in [-0.4, -0.2) is 39.2 Å². The average molecular weight is 376 g/mol. The summed E-state index contributed by atoms with van der Waals surface area (Å²) in [7, 11) is 1.60. The van der Waals surface area contributed by atoms with Gasteiger partial charge in [-0.15, -0.1) is 10.2 Å². The average Bonchev–Trinajstić information content (AvgIpc) is 3.16. The summed E-state index contributed by atoms with van der Waals surface area (Å²) >= 11 is 0. The Kier molecular flexibility index (Phi) is 5.10. The van der Waals surface area contributed by atoms with Crippen LogP contribution < -0.4 is 4.74 Å². The van der Waals surface area contributed by atoms with Gasteiger partial charge in [0, 0.05) is 18.5 Å². The molecular formula is C22H24N4O2. The van der Waals surface area contributed by atoms with E-state index >= 15 is 0 Å². The molecule has 0 aliphatic carbocycles. The summed E-state index contributed by atoms with van der Waals surface area (Å²) in [6.07, 6.45) is 1.77. The number of methoxy groups -OCH3 is 1. The van der Waals surface area contributed by atoms with E-state index < -0.39 is 0 Å². The summed E-state index contributed by atoms with van der Waals surface area (Å²) in [4.78, 5) is 14.8. The first-order chi connectivity index (χ1) is 13.7. The molecule has 0 saturated heterocycles. The molecule has 0 radical (unpaired) electrons. The van der Waals surface area contributed by atoms with E-state index in [2.05, 4.69) is 46.0 Å². The summed E-state index contributed by atoms with van der Waals surface area (Å²) < 4.78 is 7.43. The van der Waals surface area contributed by atoms with Crippen LogP contribution in [-0.2, 0) is 19.4 Å². The van der Waals surface area contributed by atoms with E-state index in [1.807, 2.05) is 29.2 Å². The molecule has 1 atom stereocenters. The lowest BCUT2D eigenvalue weighted by molar-refractivity contribution is 0.0679. The van der Waals surface area contributed by atoms with Crippen molar-refractivity contribution in [2.24, 2.45) is 0 Å². The second kappa shape index (κ2) is 7.84. The number of aryl methyl sites for hydroxylation is 2. The zero-order valence-corrected chi connectivity index (χ0v) is 16.2. The molecule has 0 unspecified atom stereocenters. The highest BCUT2D eigenvalue weighted by atomic mass is 16.5. The Labute approximate surface area is 164 Å². The first kappa shape index (κ1) is 18.2. The molecule has 2 aromatic carbocycles. The number of aromatic nitrogens is 3. The van der Waals surface area contributed by atoms with Crippen LogP contribution in [0.1, 0.15) is 40.5 Å². The Bertz CT molecular complexity index is 968. The lowest BCUT2D eigenvalue weighted by Gasteiger charge is -2.32. The number of benzene rings is 2. The van der Waals surface area contributed by atoms with Crippen molar-refractivity contribution in [3.8, 4) is 5.75 Å². The van der Waals surface area contributed by atoms with Crippen LogP contribution in [0.5, 0.6) is 5.75 Å². The van der Waals surface area contributed by atoms with E-state index in [1.165, 1.54) is 5.56 Å². The minimum atomic E-state index is -0.00849. The second-order valence-corrected chi connectivity index (χ2v) is 7.15. The summed E-state index contributed by atoms with van der Waals surface area (Å²) in [5.74, 6) is 2.51. The molecule has 1 amide bonds. The van der Waals surface area contributed by atoms with Crippen molar-refractivity contribution in [1.29, 1.82) is 0 Å². The predicted octanol–water partition coefficient (Wildman–Crippen LogP) is 3.29. The van der Waals surface area contributed by atoms with E-state index in [-0.39, 0.29) is 11.9 Å². The molecule has 28 heavy (non-hydrogen) atoms. The minimum absolute atomic E-state index is 0.00849. The molecule has 144 valence electrons. The number of ether oxygens (including phenoxy) is 1. The number of carbonyl (C=O) groups excluding carboxylic acids is 1. The van der Waals surface area contributed by atoms with Gasteiger partial charge in [0.25, 0.3) is 5.91 Å². The zero-order chi connectivity index (χ0) is 19.5. The fraction of sp³-hybridized carbons (Fsp3) is 0.318. The van der Waals surface area contributed by atoms with Crippen molar-refractivity contribution in [3.63, 3.8) is 0 Å². The first-order valence-corrected chi connectivity index (χ1v) is 9.55. The molecule has 2 heterocycles. The van der Waals surface area contributed by atoms with Gasteiger partial charge in [-0.3, -0.25) is 4.79 Å². The van der Waals surface area contributed by atoms with Crippen molar-refractivity contribution in [1.82, 2.24) is 19.7 Å². The third-order valence-electron chi connectivity index (χ3n) is 5.18. The van der Waals surface area contributed by atoms with Gasteiger partial charge in [-0.05, 0) is 37.1 Å². The Morgan fingerprint density at radius 1 is 1.11 bits per heavy atom. The fourth-order valence-corrected chi connectivity index (χ4v) is 3.78. The fourth-order valence-electron chi connectivity index (χ4n) is 3.78.